The van der Waals surface area contributed by atoms with E-state index in [4.69, 9.17) is 45.9 Å². The van der Waals surface area contributed by atoms with Gasteiger partial charge >= 0.3 is 5.97 Å². The molecule has 1 saturated heterocycles. The van der Waals surface area contributed by atoms with Crippen molar-refractivity contribution in [3.05, 3.63) is 65.7 Å². The molecule has 34 nitrogen and oxygen atoms in total. The van der Waals surface area contributed by atoms with E-state index < -0.39 is 133 Å². The second kappa shape index (κ2) is 41.6. The van der Waals surface area contributed by atoms with Crippen LogP contribution in [0, 0.1) is 5.92 Å². The number of hydrogen-bond acceptors (Lipinski definition) is 17. The van der Waals surface area contributed by atoms with Gasteiger partial charge < -0.3 is 109 Å². The van der Waals surface area contributed by atoms with Crippen LogP contribution >= 0.6 is 0 Å². The summed E-state index contributed by atoms with van der Waals surface area (Å²) >= 11 is 0. The number of phenolic OH excluding ortho intramolecular Hbond substituents is 1. The highest BCUT2D eigenvalue weighted by atomic mass is 16.4. The van der Waals surface area contributed by atoms with Crippen LogP contribution in [0.3, 0.4) is 0 Å². The van der Waals surface area contributed by atoms with Crippen molar-refractivity contribution in [3.8, 4) is 5.75 Å². The number of phenols is 1. The highest BCUT2D eigenvalue weighted by Gasteiger charge is 2.40. The lowest BCUT2D eigenvalue weighted by atomic mass is 10.00. The maximum atomic E-state index is 14.5. The first kappa shape index (κ1) is 78.4. The van der Waals surface area contributed by atoms with Crippen LogP contribution in [0.5, 0.6) is 5.75 Å². The minimum Gasteiger partial charge on any atom is -0.508 e. The lowest BCUT2D eigenvalue weighted by Crippen LogP contribution is -2.60. The highest BCUT2D eigenvalue weighted by molar-refractivity contribution is 5.98. The van der Waals surface area contributed by atoms with Crippen molar-refractivity contribution in [3.63, 3.8) is 0 Å². The summed E-state index contributed by atoms with van der Waals surface area (Å²) < 4.78 is 0. The molecule has 0 aliphatic carbocycles. The van der Waals surface area contributed by atoms with Gasteiger partial charge in [0.05, 0.1) is 19.1 Å². The fourth-order valence-electron chi connectivity index (χ4n) is 9.85. The molecule has 520 valence electrons. The number of nitrogens with zero attached hydrogens (tertiary/aromatic N) is 4. The molecule has 0 unspecified atom stereocenters. The van der Waals surface area contributed by atoms with Crippen molar-refractivity contribution < 1.29 is 63.0 Å². The van der Waals surface area contributed by atoms with Gasteiger partial charge in [0, 0.05) is 32.6 Å². The molecule has 0 saturated carbocycles. The number of carbonyl (C=O) groups excluding carboxylic acids is 10. The summed E-state index contributed by atoms with van der Waals surface area (Å²) in [6.07, 6.45) is 1.80. The van der Waals surface area contributed by atoms with Gasteiger partial charge in [0.25, 0.3) is 0 Å². The quantitative estimate of drug-likeness (QED) is 0.0168. The summed E-state index contributed by atoms with van der Waals surface area (Å²) in [5.74, 6) is -10.0. The molecule has 34 heteroatoms. The summed E-state index contributed by atoms with van der Waals surface area (Å²) in [6.45, 7) is 4.21. The molecule has 3 rings (SSSR count). The van der Waals surface area contributed by atoms with E-state index in [0.717, 1.165) is 0 Å². The number of aromatic hydroxyl groups is 1. The number of rotatable bonds is 42. The number of carbonyl (C=O) groups is 11. The second-order valence-electron chi connectivity index (χ2n) is 23.1. The molecular weight excluding hydrogens is 1220 g/mol. The third-order valence-electron chi connectivity index (χ3n) is 14.7. The zero-order chi connectivity index (χ0) is 69.9. The predicted molar refractivity (Wildman–Crippen MR) is 350 cm³/mol. The smallest absolute Gasteiger partial charge is 0.326 e. The number of nitrogens with two attached hydrogens (primary N) is 8. The van der Waals surface area contributed by atoms with Crippen LogP contribution in [0.1, 0.15) is 109 Å². The zero-order valence-corrected chi connectivity index (χ0v) is 53.6. The molecule has 9 atom stereocenters. The molecule has 1 heterocycles. The Balaban J connectivity index is 1.85. The van der Waals surface area contributed by atoms with Gasteiger partial charge in [0.2, 0.25) is 59.1 Å². The molecule has 2 aromatic carbocycles. The van der Waals surface area contributed by atoms with Crippen LogP contribution in [-0.2, 0) is 65.6 Å². The number of guanidine groups is 3. The summed E-state index contributed by atoms with van der Waals surface area (Å²) in [4.78, 5) is 164. The third-order valence-corrected chi connectivity index (χ3v) is 14.7. The molecule has 0 aromatic heterocycles. The van der Waals surface area contributed by atoms with Gasteiger partial charge in [-0.2, -0.15) is 0 Å². The average molecular weight is 1320 g/mol. The number of benzene rings is 2. The lowest BCUT2D eigenvalue weighted by molar-refractivity contribution is -0.145. The van der Waals surface area contributed by atoms with Gasteiger partial charge in [-0.15, -0.1) is 0 Å². The van der Waals surface area contributed by atoms with Crippen LogP contribution < -0.4 is 93.7 Å². The summed E-state index contributed by atoms with van der Waals surface area (Å²) in [7, 11) is 0. The van der Waals surface area contributed by atoms with Crippen LogP contribution in [0.4, 0.5) is 0 Å². The third kappa shape index (κ3) is 30.1. The Labute approximate surface area is 545 Å². The average Bonchev–Trinajstić information content (AvgIpc) is 1.63. The molecule has 0 radical (unpaired) electrons. The van der Waals surface area contributed by atoms with Crippen molar-refractivity contribution >= 4 is 82.9 Å². The Morgan fingerprint density at radius 2 is 1.02 bits per heavy atom. The van der Waals surface area contributed by atoms with Crippen molar-refractivity contribution in [2.24, 2.45) is 66.8 Å². The van der Waals surface area contributed by atoms with Crippen LogP contribution in [0.25, 0.3) is 0 Å². The molecule has 1 fully saturated rings. The number of likely N-dealkylation sites (tertiary alicyclic amines) is 1. The Hall–Kier alpha value is -9.86. The van der Waals surface area contributed by atoms with Crippen LogP contribution in [0.15, 0.2) is 69.6 Å². The number of hydrogen-bond donors (Lipinski definition) is 19. The normalized spacial score (nSPS) is 15.1. The van der Waals surface area contributed by atoms with Gasteiger partial charge in [-0.3, -0.25) is 62.9 Å². The Morgan fingerprint density at radius 3 is 1.56 bits per heavy atom. The topological polar surface area (TPSA) is 585 Å². The first-order valence-corrected chi connectivity index (χ1v) is 31.2. The lowest BCUT2D eigenvalue weighted by Gasteiger charge is -2.30. The van der Waals surface area contributed by atoms with Crippen molar-refractivity contribution in [1.82, 2.24) is 52.8 Å². The van der Waals surface area contributed by atoms with Gasteiger partial charge in [0.15, 0.2) is 17.9 Å². The predicted octanol–water partition coefficient (Wildman–Crippen LogP) is -5.44. The molecule has 1 aliphatic heterocycles. The summed E-state index contributed by atoms with van der Waals surface area (Å²) in [5, 5.41) is 42.6. The number of aliphatic carboxylic acids is 1. The van der Waals surface area contributed by atoms with E-state index in [1.165, 1.54) is 24.0 Å². The second-order valence-corrected chi connectivity index (χ2v) is 23.1. The molecule has 2 aromatic rings. The number of carboxylic acids is 1. The Morgan fingerprint density at radius 1 is 0.532 bits per heavy atom. The van der Waals surface area contributed by atoms with Crippen molar-refractivity contribution in [2.45, 2.75) is 165 Å². The molecule has 94 heavy (non-hydrogen) atoms. The zero-order valence-electron chi connectivity index (χ0n) is 53.6. The number of amides is 10. The first-order valence-electron chi connectivity index (χ1n) is 31.2. The van der Waals surface area contributed by atoms with Crippen molar-refractivity contribution in [2.75, 3.05) is 45.8 Å². The monoisotopic (exact) mass is 1320 g/mol. The van der Waals surface area contributed by atoms with Gasteiger partial charge in [-0.05, 0) is 126 Å². The van der Waals surface area contributed by atoms with Crippen LogP contribution in [0.2, 0.25) is 0 Å². The van der Waals surface area contributed by atoms with E-state index in [0.29, 0.717) is 36.9 Å². The fourth-order valence-corrected chi connectivity index (χ4v) is 9.85. The maximum absolute atomic E-state index is 14.5. The van der Waals surface area contributed by atoms with E-state index in [1.54, 1.807) is 56.3 Å². The SMILES string of the molecule is CC(C)C[C@H](NC(=O)[C@H](Cc1ccccc1)NC(=O)CNC(=O)CNC(=O)[C@@H](N)Cc1ccc(O)cc1)C(=O)N[C@@H](CCCN=C(N)N)C(=O)N[C@@H](CCCN=C(N)N)C(=O)N[C@H](C)C(=O)N[C@@H](CCCN=C(N)N)C(=O)N1CCC[C@H]1C(=O)N[C@@H](CCCCN)C(=O)O. The van der Waals surface area contributed by atoms with Crippen molar-refractivity contribution in [1.29, 1.82) is 0 Å². The number of nitrogens with one attached hydrogen (secondary N) is 9. The first-order chi connectivity index (χ1) is 44.6. The largest absolute Gasteiger partial charge is 0.508 e. The van der Waals surface area contributed by atoms with E-state index in [9.17, 15) is 63.0 Å². The number of unbranched alkanes of at least 4 members (excludes halogenated alkanes) is 1. The van der Waals surface area contributed by atoms with Crippen LogP contribution in [-0.4, -0.2) is 198 Å². The van der Waals surface area contributed by atoms with E-state index >= 15 is 0 Å². The highest BCUT2D eigenvalue weighted by Crippen LogP contribution is 2.21. The van der Waals surface area contributed by atoms with E-state index in [2.05, 4.69) is 62.8 Å². The molecule has 0 spiro atoms. The Kier molecular flexibility index (Phi) is 34.7. The van der Waals surface area contributed by atoms with E-state index in [-0.39, 0.29) is 126 Å². The molecular formula is C60H97N21O13. The number of carboxylic acid groups (broad SMARTS) is 1. The van der Waals surface area contributed by atoms with Gasteiger partial charge in [-0.1, -0.05) is 56.3 Å². The molecule has 10 amide bonds. The molecule has 0 bridgehead atoms. The van der Waals surface area contributed by atoms with E-state index in [1.807, 2.05) is 0 Å². The molecule has 1 aliphatic rings. The standard InChI is InChI=1S/C60H97N21O13/c1-34(2)29-44(80-54(90)45(31-36-13-5-4-6-14-36)75-48(84)33-72-47(83)32-73-50(86)39(62)30-37-20-22-38(82)23-21-37)53(89)77-41(17-10-26-70-59(65)66)52(88)76-40(16-9-25-69-58(63)64)51(87)74-35(3)49(85)78-42(18-11-27-71-60(67)68)56(92)81-28-12-19-46(81)55(91)79-43(57(93)94)15-7-8-24-61/h4-6,13-14,20-23,34-35,39-46,82H,7-12,15-19,24-33,61-62H2,1-3H3,(H,72,83)(H,73,86)(H,74,87)(H,75,84)(H,76,88)(H,77,89)(H,78,85)(H,79,91)(H,80,90)(H,93,94)(H4,63,64,69)(H4,65,66,70)(H4,67,68,71)/t35-,39+,40+,41+,42+,43+,44+,45+,46+/m1/s1. The minimum atomic E-state index is -1.43. The minimum absolute atomic E-state index is 0.000386. The summed E-state index contributed by atoms with van der Waals surface area (Å²) in [5.41, 5.74) is 46.2. The maximum Gasteiger partial charge on any atom is 0.326 e. The molecule has 27 N–H and O–H groups in total. The number of aliphatic imine (C=N–C) groups is 3. The fraction of sp³-hybridized carbons (Fsp3) is 0.567. The Bertz CT molecular complexity index is 2920. The van der Waals surface area contributed by atoms with Gasteiger partial charge in [-0.25, -0.2) is 4.79 Å². The van der Waals surface area contributed by atoms with Gasteiger partial charge in [0.1, 0.15) is 54.1 Å². The summed E-state index contributed by atoms with van der Waals surface area (Å²) in [6, 6.07) is 3.10.